The van der Waals surface area contributed by atoms with E-state index in [4.69, 9.17) is 0 Å². The van der Waals surface area contributed by atoms with E-state index >= 15 is 0 Å². The van der Waals surface area contributed by atoms with Crippen LogP contribution in [0.15, 0.2) is 70.7 Å². The fraction of sp³-hybridized carbons (Fsp3) is 0.480. The first-order valence-electron chi connectivity index (χ1n) is 11.1. The Kier molecular flexibility index (Phi) is 6.15. The van der Waals surface area contributed by atoms with Crippen molar-refractivity contribution in [1.82, 2.24) is 14.9 Å². The van der Waals surface area contributed by atoms with Gasteiger partial charge < -0.3 is 10.2 Å². The average molecular weight is 437 g/mol. The number of hydrogen-bond donors (Lipinski definition) is 3. The second-order valence-corrected chi connectivity index (χ2v) is 9.52. The van der Waals surface area contributed by atoms with Gasteiger partial charge in [0.2, 0.25) is 0 Å². The number of nitrogens with zero attached hydrogens (tertiary/aromatic N) is 4. The molecule has 2 aliphatic carbocycles. The Bertz CT molecular complexity index is 995. The van der Waals surface area contributed by atoms with Crippen molar-refractivity contribution in [3.05, 3.63) is 70.7 Å². The molecule has 0 aromatic rings. The lowest BCUT2D eigenvalue weighted by atomic mass is 9.88. The zero-order valence-corrected chi connectivity index (χ0v) is 18.9. The van der Waals surface area contributed by atoms with Crippen LogP contribution in [0.3, 0.4) is 0 Å². The topological polar surface area (TPSA) is 94.2 Å². The molecular weight excluding hydrogens is 404 g/mol. The maximum atomic E-state index is 11.1. The SMILES string of the molecule is CC1=C(O)C(C#N)=CC[C@@H]1N1CN(CC2=CC[C@H](C3=CCN(O)C=C3)C=C2)C(C)(C)[C@H]1O. The van der Waals surface area contributed by atoms with Crippen LogP contribution in [0.4, 0.5) is 0 Å². The number of aliphatic hydroxyl groups excluding tert-OH is 2. The Balaban J connectivity index is 1.43. The van der Waals surface area contributed by atoms with Crippen molar-refractivity contribution in [2.75, 3.05) is 19.8 Å². The molecule has 0 aromatic carbocycles. The van der Waals surface area contributed by atoms with Crippen LogP contribution < -0.4 is 0 Å². The Morgan fingerprint density at radius 3 is 2.59 bits per heavy atom. The smallest absolute Gasteiger partial charge is 0.133 e. The Morgan fingerprint density at radius 1 is 1.19 bits per heavy atom. The summed E-state index contributed by atoms with van der Waals surface area (Å²) in [5.41, 5.74) is 3.02. The Labute approximate surface area is 189 Å². The van der Waals surface area contributed by atoms with Crippen LogP contribution in [0, 0.1) is 17.2 Å². The molecule has 3 atom stereocenters. The lowest BCUT2D eigenvalue weighted by Crippen LogP contribution is -2.49. The summed E-state index contributed by atoms with van der Waals surface area (Å²) in [6.45, 7) is 7.74. The van der Waals surface area contributed by atoms with Gasteiger partial charge in [0, 0.05) is 24.7 Å². The molecule has 0 radical (unpaired) electrons. The van der Waals surface area contributed by atoms with Gasteiger partial charge in [-0.3, -0.25) is 20.1 Å². The number of allylic oxidation sites excluding steroid dienone is 5. The van der Waals surface area contributed by atoms with E-state index in [0.717, 1.165) is 18.5 Å². The molecule has 7 nitrogen and oxygen atoms in total. The van der Waals surface area contributed by atoms with Crippen molar-refractivity contribution in [1.29, 1.82) is 5.26 Å². The monoisotopic (exact) mass is 436 g/mol. The number of hydroxylamine groups is 2. The van der Waals surface area contributed by atoms with Crippen LogP contribution in [0.5, 0.6) is 0 Å². The third-order valence-corrected chi connectivity index (χ3v) is 7.22. The molecule has 2 heterocycles. The molecule has 4 aliphatic rings. The van der Waals surface area contributed by atoms with E-state index in [1.165, 1.54) is 16.2 Å². The van der Waals surface area contributed by atoms with Crippen molar-refractivity contribution in [3.63, 3.8) is 0 Å². The predicted octanol–water partition coefficient (Wildman–Crippen LogP) is 3.36. The van der Waals surface area contributed by atoms with Gasteiger partial charge in [0.1, 0.15) is 18.1 Å². The standard InChI is InChI=1S/C25H32N4O3/c1-17-22(9-8-21(14-26)23(17)30)29-16-27(25(2,3)24(29)31)15-18-4-6-19(7-5-18)20-10-12-28(32)13-11-20/h4-6,8,10-12,19,22,24,30-32H,7,9,13,15-16H2,1-3H3/t19-,22+,24-/m1/s1. The molecular formula is C25H32N4O3. The second-order valence-electron chi connectivity index (χ2n) is 9.52. The number of nitriles is 1. The number of hydrogen-bond acceptors (Lipinski definition) is 7. The predicted molar refractivity (Wildman–Crippen MR) is 122 cm³/mol. The highest BCUT2D eigenvalue weighted by Gasteiger charge is 2.48. The van der Waals surface area contributed by atoms with Gasteiger partial charge in [0.05, 0.1) is 24.3 Å². The van der Waals surface area contributed by atoms with E-state index < -0.39 is 11.8 Å². The largest absolute Gasteiger partial charge is 0.507 e. The zero-order valence-electron chi connectivity index (χ0n) is 18.9. The van der Waals surface area contributed by atoms with E-state index in [1.807, 2.05) is 43.9 Å². The first kappa shape index (κ1) is 22.6. The maximum Gasteiger partial charge on any atom is 0.133 e. The first-order chi connectivity index (χ1) is 15.2. The Morgan fingerprint density at radius 2 is 1.97 bits per heavy atom. The lowest BCUT2D eigenvalue weighted by Gasteiger charge is -2.35. The normalized spacial score (nSPS) is 30.8. The molecule has 0 spiro atoms. The molecule has 0 amide bonds. The minimum atomic E-state index is -0.688. The third-order valence-electron chi connectivity index (χ3n) is 7.22. The van der Waals surface area contributed by atoms with Crippen LogP contribution in [0.1, 0.15) is 33.6 Å². The minimum Gasteiger partial charge on any atom is -0.507 e. The first-order valence-corrected chi connectivity index (χ1v) is 11.1. The van der Waals surface area contributed by atoms with E-state index in [9.17, 15) is 20.7 Å². The molecule has 1 saturated heterocycles. The molecule has 0 saturated carbocycles. The third kappa shape index (κ3) is 4.07. The van der Waals surface area contributed by atoms with Crippen molar-refractivity contribution >= 4 is 0 Å². The van der Waals surface area contributed by atoms with E-state index in [2.05, 4.69) is 23.1 Å². The van der Waals surface area contributed by atoms with Gasteiger partial charge in [0.25, 0.3) is 0 Å². The van der Waals surface area contributed by atoms with Crippen LogP contribution in [-0.2, 0) is 0 Å². The van der Waals surface area contributed by atoms with Gasteiger partial charge in [-0.15, -0.1) is 0 Å². The molecule has 4 rings (SSSR count). The van der Waals surface area contributed by atoms with Gasteiger partial charge in [-0.1, -0.05) is 30.4 Å². The van der Waals surface area contributed by atoms with Crippen LogP contribution in [0.25, 0.3) is 0 Å². The van der Waals surface area contributed by atoms with Crippen molar-refractivity contribution in [2.45, 2.75) is 51.4 Å². The van der Waals surface area contributed by atoms with Crippen molar-refractivity contribution < 1.29 is 15.4 Å². The summed E-state index contributed by atoms with van der Waals surface area (Å²) in [7, 11) is 0. The Hall–Kier alpha value is -2.63. The van der Waals surface area contributed by atoms with Gasteiger partial charge in [-0.05, 0) is 56.4 Å². The van der Waals surface area contributed by atoms with Gasteiger partial charge in [0.15, 0.2) is 0 Å². The van der Waals surface area contributed by atoms with Gasteiger partial charge in [-0.2, -0.15) is 5.26 Å². The maximum absolute atomic E-state index is 11.1. The zero-order chi connectivity index (χ0) is 23.0. The highest BCUT2D eigenvalue weighted by molar-refractivity contribution is 5.44. The summed E-state index contributed by atoms with van der Waals surface area (Å²) in [6, 6.07) is 1.90. The van der Waals surface area contributed by atoms with Crippen molar-refractivity contribution in [2.24, 2.45) is 5.92 Å². The number of aliphatic hydroxyl groups is 2. The van der Waals surface area contributed by atoms with E-state index in [1.54, 1.807) is 12.3 Å². The number of rotatable bonds is 4. The molecule has 170 valence electrons. The summed E-state index contributed by atoms with van der Waals surface area (Å²) >= 11 is 0. The molecule has 1 fully saturated rings. The molecule has 0 bridgehead atoms. The molecule has 0 unspecified atom stereocenters. The van der Waals surface area contributed by atoms with Crippen LogP contribution >= 0.6 is 0 Å². The summed E-state index contributed by atoms with van der Waals surface area (Å²) in [5, 5.41) is 41.4. The average Bonchev–Trinajstić information content (AvgIpc) is 3.00. The van der Waals surface area contributed by atoms with Crippen LogP contribution in [-0.4, -0.2) is 67.9 Å². The van der Waals surface area contributed by atoms with Gasteiger partial charge >= 0.3 is 0 Å². The van der Waals surface area contributed by atoms with Gasteiger partial charge in [-0.25, -0.2) is 0 Å². The quantitative estimate of drug-likeness (QED) is 0.622. The summed E-state index contributed by atoms with van der Waals surface area (Å²) in [5.74, 6) is 0.350. The second kappa shape index (κ2) is 8.72. The highest BCUT2D eigenvalue weighted by Crippen LogP contribution is 2.37. The van der Waals surface area contributed by atoms with E-state index in [0.29, 0.717) is 31.1 Å². The summed E-state index contributed by atoms with van der Waals surface area (Å²) in [4.78, 5) is 4.29. The summed E-state index contributed by atoms with van der Waals surface area (Å²) in [6.07, 6.45) is 14.9. The fourth-order valence-electron chi connectivity index (χ4n) is 4.93. The highest BCUT2D eigenvalue weighted by atomic mass is 16.5. The molecule has 3 N–H and O–H groups in total. The minimum absolute atomic E-state index is 0.0338. The molecule has 0 aromatic heterocycles. The van der Waals surface area contributed by atoms with Crippen LogP contribution in [0.2, 0.25) is 0 Å². The van der Waals surface area contributed by atoms with Crippen molar-refractivity contribution in [3.8, 4) is 6.07 Å². The summed E-state index contributed by atoms with van der Waals surface area (Å²) < 4.78 is 0. The molecule has 7 heteroatoms. The lowest BCUT2D eigenvalue weighted by molar-refractivity contribution is -0.0307. The fourth-order valence-corrected chi connectivity index (χ4v) is 4.93. The van der Waals surface area contributed by atoms with E-state index in [-0.39, 0.29) is 11.8 Å². The molecule has 2 aliphatic heterocycles. The molecule has 32 heavy (non-hydrogen) atoms.